The van der Waals surface area contributed by atoms with Gasteiger partial charge in [0, 0.05) is 26.7 Å². The molecule has 0 bridgehead atoms. The largest absolute Gasteiger partial charge is 0.341 e. The number of likely N-dealkylation sites (tertiary alicyclic amines) is 1. The molecule has 1 aromatic rings. The zero-order valence-electron chi connectivity index (χ0n) is 15.7. The van der Waals surface area contributed by atoms with Crippen molar-refractivity contribution in [1.82, 2.24) is 14.5 Å². The minimum Gasteiger partial charge on any atom is -0.341 e. The molecule has 1 N–H and O–H groups in total. The van der Waals surface area contributed by atoms with Gasteiger partial charge in [-0.15, -0.1) is 0 Å². The number of benzene rings is 1. The molecule has 1 aromatic carbocycles. The molecule has 7 nitrogen and oxygen atoms in total. The van der Waals surface area contributed by atoms with Gasteiger partial charge in [-0.2, -0.15) is 0 Å². The highest BCUT2D eigenvalue weighted by Gasteiger charge is 2.31. The number of hydrogen-bond acceptors (Lipinski definition) is 4. The highest BCUT2D eigenvalue weighted by atomic mass is 32.2. The first-order valence-electron chi connectivity index (χ1n) is 8.82. The molecular weight excluding hydrogens is 354 g/mol. The van der Waals surface area contributed by atoms with Gasteiger partial charge in [-0.05, 0) is 43.9 Å². The van der Waals surface area contributed by atoms with Crippen molar-refractivity contribution in [3.05, 3.63) is 29.8 Å². The second kappa shape index (κ2) is 8.18. The summed E-state index contributed by atoms with van der Waals surface area (Å²) in [5, 5.41) is 2.71. The minimum atomic E-state index is -3.49. The van der Waals surface area contributed by atoms with Gasteiger partial charge in [0.05, 0.1) is 10.9 Å². The van der Waals surface area contributed by atoms with Gasteiger partial charge in [-0.25, -0.2) is 12.7 Å². The zero-order chi connectivity index (χ0) is 19.5. The molecule has 0 saturated carbocycles. The van der Waals surface area contributed by atoms with E-state index in [0.29, 0.717) is 6.54 Å². The number of sulfonamides is 1. The molecule has 0 spiro atoms. The Hall–Kier alpha value is -1.93. The Bertz CT molecular complexity index is 759. The van der Waals surface area contributed by atoms with E-state index in [0.717, 1.165) is 29.1 Å². The SMILES string of the molecule is CC[C@@H]1CCCN1C(=O)C(=O)N[C@H](C)c1ccc(S(=O)(=O)N(C)C)cc1. The van der Waals surface area contributed by atoms with Gasteiger partial charge in [-0.3, -0.25) is 9.59 Å². The normalized spacial score (nSPS) is 18.8. The Morgan fingerprint density at radius 1 is 1.27 bits per heavy atom. The van der Waals surface area contributed by atoms with Crippen molar-refractivity contribution in [2.75, 3.05) is 20.6 Å². The van der Waals surface area contributed by atoms with Gasteiger partial charge >= 0.3 is 11.8 Å². The number of hydrogen-bond donors (Lipinski definition) is 1. The van der Waals surface area contributed by atoms with Gasteiger partial charge in [-0.1, -0.05) is 19.1 Å². The number of nitrogens with one attached hydrogen (secondary N) is 1. The summed E-state index contributed by atoms with van der Waals surface area (Å²) < 4.78 is 25.3. The summed E-state index contributed by atoms with van der Waals surface area (Å²) >= 11 is 0. The molecule has 1 aliphatic rings. The van der Waals surface area contributed by atoms with Crippen LogP contribution in [0.25, 0.3) is 0 Å². The van der Waals surface area contributed by atoms with Crippen molar-refractivity contribution in [2.24, 2.45) is 0 Å². The third-order valence-corrected chi connectivity index (χ3v) is 6.64. The van der Waals surface area contributed by atoms with Gasteiger partial charge in [0.1, 0.15) is 0 Å². The molecule has 2 amide bonds. The molecule has 8 heteroatoms. The standard InChI is InChI=1S/C18H27N3O4S/c1-5-15-7-6-12-21(15)18(23)17(22)19-13(2)14-8-10-16(11-9-14)26(24,25)20(3)4/h8-11,13,15H,5-7,12H2,1-4H3,(H,19,22)/t13-,15-/m1/s1. The van der Waals surface area contributed by atoms with E-state index in [-0.39, 0.29) is 10.9 Å². The quantitative estimate of drug-likeness (QED) is 0.784. The van der Waals surface area contributed by atoms with Crippen LogP contribution in [0.2, 0.25) is 0 Å². The molecule has 1 aliphatic heterocycles. The number of carbonyl (C=O) groups is 2. The van der Waals surface area contributed by atoms with E-state index < -0.39 is 27.9 Å². The second-order valence-electron chi connectivity index (χ2n) is 6.75. The van der Waals surface area contributed by atoms with Crippen molar-refractivity contribution in [3.8, 4) is 0 Å². The zero-order valence-corrected chi connectivity index (χ0v) is 16.5. The molecule has 1 saturated heterocycles. The molecule has 0 aromatic heterocycles. The van der Waals surface area contributed by atoms with Crippen LogP contribution >= 0.6 is 0 Å². The average molecular weight is 381 g/mol. The van der Waals surface area contributed by atoms with Crippen LogP contribution in [0, 0.1) is 0 Å². The van der Waals surface area contributed by atoms with Crippen LogP contribution in [0.1, 0.15) is 44.7 Å². The van der Waals surface area contributed by atoms with Gasteiger partial charge < -0.3 is 10.2 Å². The minimum absolute atomic E-state index is 0.138. The third kappa shape index (κ3) is 4.24. The first kappa shape index (κ1) is 20.4. The van der Waals surface area contributed by atoms with Crippen LogP contribution in [0.3, 0.4) is 0 Å². The van der Waals surface area contributed by atoms with E-state index >= 15 is 0 Å². The van der Waals surface area contributed by atoms with Crippen LogP contribution in [0.4, 0.5) is 0 Å². The van der Waals surface area contributed by atoms with Crippen LogP contribution in [-0.2, 0) is 19.6 Å². The molecule has 1 heterocycles. The summed E-state index contributed by atoms with van der Waals surface area (Å²) in [4.78, 5) is 26.5. The third-order valence-electron chi connectivity index (χ3n) is 4.81. The Morgan fingerprint density at radius 2 is 1.88 bits per heavy atom. The highest BCUT2D eigenvalue weighted by molar-refractivity contribution is 7.89. The van der Waals surface area contributed by atoms with E-state index in [1.54, 1.807) is 24.0 Å². The van der Waals surface area contributed by atoms with Crippen LogP contribution in [-0.4, -0.2) is 56.1 Å². The van der Waals surface area contributed by atoms with Crippen molar-refractivity contribution in [1.29, 1.82) is 0 Å². The van der Waals surface area contributed by atoms with Crippen molar-refractivity contribution >= 4 is 21.8 Å². The Morgan fingerprint density at radius 3 is 2.42 bits per heavy atom. The number of rotatable bonds is 5. The average Bonchev–Trinajstić information content (AvgIpc) is 3.09. The van der Waals surface area contributed by atoms with E-state index in [1.165, 1.54) is 26.2 Å². The Labute approximate surface area is 155 Å². The van der Waals surface area contributed by atoms with E-state index in [1.807, 2.05) is 6.92 Å². The summed E-state index contributed by atoms with van der Waals surface area (Å²) in [6.45, 7) is 4.40. The Kier molecular flexibility index (Phi) is 6.41. The first-order chi connectivity index (χ1) is 12.2. The van der Waals surface area contributed by atoms with Gasteiger partial charge in [0.2, 0.25) is 10.0 Å². The monoisotopic (exact) mass is 381 g/mol. The molecule has 0 aliphatic carbocycles. The molecule has 2 rings (SSSR count). The maximum atomic E-state index is 12.4. The summed E-state index contributed by atoms with van der Waals surface area (Å²) in [7, 11) is -0.547. The Balaban J connectivity index is 2.04. The van der Waals surface area contributed by atoms with Crippen molar-refractivity contribution < 1.29 is 18.0 Å². The van der Waals surface area contributed by atoms with Crippen molar-refractivity contribution in [2.45, 2.75) is 50.1 Å². The predicted octanol–water partition coefficient (Wildman–Crippen LogP) is 1.52. The van der Waals surface area contributed by atoms with Crippen LogP contribution < -0.4 is 5.32 Å². The summed E-state index contributed by atoms with van der Waals surface area (Å²) in [6, 6.07) is 6.04. The summed E-state index contributed by atoms with van der Waals surface area (Å²) in [5.41, 5.74) is 0.734. The van der Waals surface area contributed by atoms with E-state index in [9.17, 15) is 18.0 Å². The maximum Gasteiger partial charge on any atom is 0.312 e. The lowest BCUT2D eigenvalue weighted by Gasteiger charge is -2.24. The smallest absolute Gasteiger partial charge is 0.312 e. The summed E-state index contributed by atoms with van der Waals surface area (Å²) in [5.74, 6) is -1.11. The fourth-order valence-corrected chi connectivity index (χ4v) is 4.04. The number of amides is 2. The van der Waals surface area contributed by atoms with Crippen LogP contribution in [0.15, 0.2) is 29.2 Å². The fourth-order valence-electron chi connectivity index (χ4n) is 3.14. The summed E-state index contributed by atoms with van der Waals surface area (Å²) in [6.07, 6.45) is 2.71. The maximum absolute atomic E-state index is 12.4. The lowest BCUT2D eigenvalue weighted by molar-refractivity contribution is -0.146. The van der Waals surface area contributed by atoms with Crippen molar-refractivity contribution in [3.63, 3.8) is 0 Å². The van der Waals surface area contributed by atoms with Gasteiger partial charge in [0.15, 0.2) is 0 Å². The highest BCUT2D eigenvalue weighted by Crippen LogP contribution is 2.21. The lowest BCUT2D eigenvalue weighted by Crippen LogP contribution is -2.45. The molecule has 0 radical (unpaired) electrons. The second-order valence-corrected chi connectivity index (χ2v) is 8.91. The molecule has 1 fully saturated rings. The van der Waals surface area contributed by atoms with E-state index in [4.69, 9.17) is 0 Å². The molecule has 2 atom stereocenters. The predicted molar refractivity (Wildman–Crippen MR) is 98.9 cm³/mol. The van der Waals surface area contributed by atoms with Gasteiger partial charge in [0.25, 0.3) is 0 Å². The first-order valence-corrected chi connectivity index (χ1v) is 10.3. The molecular formula is C18H27N3O4S. The van der Waals surface area contributed by atoms with Crippen LogP contribution in [0.5, 0.6) is 0 Å². The molecule has 144 valence electrons. The molecule has 0 unspecified atom stereocenters. The topological polar surface area (TPSA) is 86.8 Å². The number of carbonyl (C=O) groups excluding carboxylic acids is 2. The number of nitrogens with zero attached hydrogens (tertiary/aromatic N) is 2. The molecule has 26 heavy (non-hydrogen) atoms. The fraction of sp³-hybridized carbons (Fsp3) is 0.556. The lowest BCUT2D eigenvalue weighted by atomic mass is 10.1. The van der Waals surface area contributed by atoms with E-state index in [2.05, 4.69) is 5.32 Å².